The van der Waals surface area contributed by atoms with E-state index >= 15 is 0 Å². The van der Waals surface area contributed by atoms with Crippen LogP contribution < -0.4 is 0 Å². The second-order valence-electron chi connectivity index (χ2n) is 9.91. The summed E-state index contributed by atoms with van der Waals surface area (Å²) in [5.74, 6) is 2.00. The zero-order valence-corrected chi connectivity index (χ0v) is 20.0. The Morgan fingerprint density at radius 2 is 1.91 bits per heavy atom. The summed E-state index contributed by atoms with van der Waals surface area (Å²) in [6, 6.07) is 8.20. The molecule has 0 atom stereocenters. The molecule has 174 valence electrons. The van der Waals surface area contributed by atoms with Crippen LogP contribution in [-0.4, -0.2) is 41.1 Å². The SMILES string of the molecule is CC(C)(C)OC(=O)N1Cc2cc(Cl)ccc2-n2c(nnc2C2CCC(n3cccn3)CC2)C1. The van der Waals surface area contributed by atoms with Gasteiger partial charge in [-0.15, -0.1) is 10.2 Å². The standard InChI is InChI=1S/C24H29ClN6O2/c1-24(2,3)33-23(32)29-14-17-13-18(25)7-10-20(17)31-21(15-29)27-28-22(31)16-5-8-19(9-6-16)30-12-4-11-26-30/h4,7,10-13,16,19H,5-6,8-9,14-15H2,1-3H3. The van der Waals surface area contributed by atoms with Crippen LogP contribution in [0.4, 0.5) is 4.79 Å². The highest BCUT2D eigenvalue weighted by atomic mass is 35.5. The van der Waals surface area contributed by atoms with Crippen LogP contribution in [0.3, 0.4) is 0 Å². The third-order valence-corrected chi connectivity index (χ3v) is 6.58. The molecule has 1 aliphatic carbocycles. The Bertz CT molecular complexity index is 1140. The third kappa shape index (κ3) is 4.49. The minimum absolute atomic E-state index is 0.301. The molecule has 9 heteroatoms. The lowest BCUT2D eigenvalue weighted by atomic mass is 9.85. The molecule has 2 aromatic heterocycles. The van der Waals surface area contributed by atoms with Crippen LogP contribution in [0.2, 0.25) is 5.02 Å². The van der Waals surface area contributed by atoms with Gasteiger partial charge in [0.1, 0.15) is 11.4 Å². The number of ether oxygens (including phenoxy) is 1. The molecule has 3 heterocycles. The van der Waals surface area contributed by atoms with Crippen molar-refractivity contribution in [2.24, 2.45) is 0 Å². The fourth-order valence-corrected chi connectivity index (χ4v) is 5.04. The van der Waals surface area contributed by atoms with Gasteiger partial charge in [-0.05, 0) is 76.3 Å². The second-order valence-corrected chi connectivity index (χ2v) is 10.3. The van der Waals surface area contributed by atoms with E-state index < -0.39 is 5.60 Å². The van der Waals surface area contributed by atoms with Crippen LogP contribution in [0.1, 0.15) is 75.6 Å². The van der Waals surface area contributed by atoms with Gasteiger partial charge in [-0.25, -0.2) is 4.79 Å². The first kappa shape index (κ1) is 21.9. The maximum absolute atomic E-state index is 12.9. The van der Waals surface area contributed by atoms with Crippen LogP contribution in [0.5, 0.6) is 0 Å². The topological polar surface area (TPSA) is 78.1 Å². The van der Waals surface area contributed by atoms with Crippen LogP contribution in [0, 0.1) is 0 Å². The Labute approximate surface area is 198 Å². The second kappa shape index (κ2) is 8.48. The number of hydrogen-bond donors (Lipinski definition) is 0. The van der Waals surface area contributed by atoms with Crippen molar-refractivity contribution < 1.29 is 9.53 Å². The highest BCUT2D eigenvalue weighted by molar-refractivity contribution is 6.30. The number of rotatable bonds is 2. The summed E-state index contributed by atoms with van der Waals surface area (Å²) < 4.78 is 9.85. The molecule has 2 aliphatic rings. The lowest BCUT2D eigenvalue weighted by molar-refractivity contribution is 0.0214. The van der Waals surface area contributed by atoms with E-state index in [0.29, 0.717) is 30.1 Å². The van der Waals surface area contributed by atoms with E-state index in [-0.39, 0.29) is 6.09 Å². The molecule has 5 rings (SSSR count). The van der Waals surface area contributed by atoms with Crippen LogP contribution in [-0.2, 0) is 17.8 Å². The van der Waals surface area contributed by atoms with Gasteiger partial charge in [-0.1, -0.05) is 11.6 Å². The van der Waals surface area contributed by atoms with Gasteiger partial charge in [-0.2, -0.15) is 5.10 Å². The third-order valence-electron chi connectivity index (χ3n) is 6.34. The van der Waals surface area contributed by atoms with Crippen LogP contribution in [0.25, 0.3) is 5.69 Å². The molecular formula is C24H29ClN6O2. The molecule has 1 saturated carbocycles. The van der Waals surface area contributed by atoms with E-state index in [2.05, 4.69) is 24.5 Å². The van der Waals surface area contributed by atoms with Gasteiger partial charge in [0.2, 0.25) is 0 Å². The van der Waals surface area contributed by atoms with E-state index in [1.165, 1.54) is 0 Å². The normalized spacial score (nSPS) is 20.7. The van der Waals surface area contributed by atoms with Gasteiger partial charge in [0, 0.05) is 23.3 Å². The Balaban J connectivity index is 1.46. The number of fused-ring (bicyclic) bond motifs is 3. The van der Waals surface area contributed by atoms with Crippen molar-refractivity contribution in [3.05, 3.63) is 58.9 Å². The zero-order chi connectivity index (χ0) is 23.2. The molecule has 8 nitrogen and oxygen atoms in total. The Morgan fingerprint density at radius 3 is 2.61 bits per heavy atom. The van der Waals surface area contributed by atoms with Gasteiger partial charge < -0.3 is 4.74 Å². The molecule has 1 fully saturated rings. The molecule has 0 saturated heterocycles. The maximum Gasteiger partial charge on any atom is 0.411 e. The molecule has 0 bridgehead atoms. The fourth-order valence-electron chi connectivity index (χ4n) is 4.84. The zero-order valence-electron chi connectivity index (χ0n) is 19.2. The Hall–Kier alpha value is -2.87. The quantitative estimate of drug-likeness (QED) is 0.512. The predicted molar refractivity (Wildman–Crippen MR) is 124 cm³/mol. The van der Waals surface area contributed by atoms with E-state index in [1.807, 2.05) is 57.4 Å². The van der Waals surface area contributed by atoms with Crippen LogP contribution in [0.15, 0.2) is 36.7 Å². The molecule has 1 aliphatic heterocycles. The average Bonchev–Trinajstić information content (AvgIpc) is 3.40. The number of aromatic nitrogens is 5. The molecule has 0 spiro atoms. The smallest absolute Gasteiger partial charge is 0.411 e. The highest BCUT2D eigenvalue weighted by Gasteiger charge is 2.33. The lowest BCUT2D eigenvalue weighted by Gasteiger charge is -2.28. The first-order valence-electron chi connectivity index (χ1n) is 11.5. The predicted octanol–water partition coefficient (Wildman–Crippen LogP) is 5.27. The molecule has 0 radical (unpaired) electrons. The first-order valence-corrected chi connectivity index (χ1v) is 11.9. The van der Waals surface area contributed by atoms with Gasteiger partial charge in [0.25, 0.3) is 0 Å². The van der Waals surface area contributed by atoms with Crippen molar-refractivity contribution >= 4 is 17.7 Å². The van der Waals surface area contributed by atoms with Crippen molar-refractivity contribution in [3.8, 4) is 5.69 Å². The van der Waals surface area contributed by atoms with Gasteiger partial charge >= 0.3 is 6.09 Å². The number of benzene rings is 1. The Kier molecular flexibility index (Phi) is 5.64. The van der Waals surface area contributed by atoms with Crippen molar-refractivity contribution in [2.75, 3.05) is 0 Å². The fraction of sp³-hybridized carbons (Fsp3) is 0.500. The van der Waals surface area contributed by atoms with Crippen molar-refractivity contribution in [1.29, 1.82) is 0 Å². The minimum Gasteiger partial charge on any atom is -0.444 e. The van der Waals surface area contributed by atoms with Crippen molar-refractivity contribution in [3.63, 3.8) is 0 Å². The van der Waals surface area contributed by atoms with Crippen LogP contribution >= 0.6 is 11.6 Å². The van der Waals surface area contributed by atoms with Gasteiger partial charge in [-0.3, -0.25) is 14.1 Å². The molecule has 3 aromatic rings. The minimum atomic E-state index is -0.577. The number of hydrogen-bond acceptors (Lipinski definition) is 5. The highest BCUT2D eigenvalue weighted by Crippen LogP contribution is 2.39. The van der Waals surface area contributed by atoms with Crippen molar-refractivity contribution in [1.82, 2.24) is 29.4 Å². The summed E-state index contributed by atoms with van der Waals surface area (Å²) >= 11 is 6.33. The van der Waals surface area contributed by atoms with E-state index in [1.54, 1.807) is 4.90 Å². The van der Waals surface area contributed by atoms with E-state index in [4.69, 9.17) is 16.3 Å². The molecule has 1 aromatic carbocycles. The van der Waals surface area contributed by atoms with Crippen molar-refractivity contribution in [2.45, 2.75) is 77.1 Å². The summed E-state index contributed by atoms with van der Waals surface area (Å²) in [6.07, 6.45) is 7.63. The lowest BCUT2D eigenvalue weighted by Crippen LogP contribution is -2.35. The Morgan fingerprint density at radius 1 is 1.12 bits per heavy atom. The number of halogens is 1. The summed E-state index contributed by atoms with van der Waals surface area (Å²) in [5.41, 5.74) is 1.36. The summed E-state index contributed by atoms with van der Waals surface area (Å²) in [6.45, 7) is 6.34. The maximum atomic E-state index is 12.9. The molecule has 0 N–H and O–H groups in total. The number of carbonyl (C=O) groups is 1. The number of carbonyl (C=O) groups excluding carboxylic acids is 1. The first-order chi connectivity index (χ1) is 15.8. The monoisotopic (exact) mass is 468 g/mol. The number of amides is 1. The molecule has 0 unspecified atom stereocenters. The van der Waals surface area contributed by atoms with E-state index in [0.717, 1.165) is 48.6 Å². The van der Waals surface area contributed by atoms with Gasteiger partial charge in [0.05, 0.1) is 24.8 Å². The summed E-state index contributed by atoms with van der Waals surface area (Å²) in [7, 11) is 0. The molecular weight excluding hydrogens is 440 g/mol. The largest absolute Gasteiger partial charge is 0.444 e. The van der Waals surface area contributed by atoms with Gasteiger partial charge in [0.15, 0.2) is 5.82 Å². The summed E-state index contributed by atoms with van der Waals surface area (Å²) in [4.78, 5) is 14.6. The average molecular weight is 469 g/mol. The summed E-state index contributed by atoms with van der Waals surface area (Å²) in [5, 5.41) is 14.2. The molecule has 33 heavy (non-hydrogen) atoms. The molecule has 1 amide bonds. The number of nitrogens with zero attached hydrogens (tertiary/aromatic N) is 6. The van der Waals surface area contributed by atoms with E-state index in [9.17, 15) is 4.79 Å².